The molecule has 0 spiro atoms. The molecule has 2 aromatic rings. The molecule has 1 amide bonds. The fourth-order valence-corrected chi connectivity index (χ4v) is 5.20. The van der Waals surface area contributed by atoms with Crippen molar-refractivity contribution in [3.8, 4) is 0 Å². The van der Waals surface area contributed by atoms with Gasteiger partial charge in [-0.3, -0.25) is 4.79 Å². The van der Waals surface area contributed by atoms with Gasteiger partial charge in [-0.1, -0.05) is 55.1 Å². The van der Waals surface area contributed by atoms with Crippen LogP contribution in [0.3, 0.4) is 0 Å². The van der Waals surface area contributed by atoms with Crippen molar-refractivity contribution in [1.29, 1.82) is 0 Å². The van der Waals surface area contributed by atoms with Crippen LogP contribution in [0.2, 0.25) is 0 Å². The molecule has 1 fully saturated rings. The summed E-state index contributed by atoms with van der Waals surface area (Å²) in [4.78, 5) is 17.4. The van der Waals surface area contributed by atoms with Crippen molar-refractivity contribution in [2.75, 3.05) is 19.0 Å². The minimum absolute atomic E-state index is 0.144. The molecule has 0 bridgehead atoms. The third-order valence-electron chi connectivity index (χ3n) is 5.30. The van der Waals surface area contributed by atoms with Crippen molar-refractivity contribution in [3.63, 3.8) is 0 Å². The number of rotatable bonds is 2. The Hall–Kier alpha value is -2.18. The monoisotopic (exact) mass is 384 g/mol. The standard InChI is InChI=1S/C21H21FN2O2S/c1-14-11-26-13-21(16-9-5-6-10-18(16)22)17(14)12-27-20(24-21)23-19(25)15-7-3-2-4-8-15/h2-10,14,17H,11-13H2,1H3,(H,23,24,25)/t14-,17+,21+/m0/s1. The first-order chi connectivity index (χ1) is 13.1. The van der Waals surface area contributed by atoms with Crippen LogP contribution >= 0.6 is 11.8 Å². The highest BCUT2D eigenvalue weighted by Crippen LogP contribution is 2.47. The number of hydrogen-bond donors (Lipinski definition) is 1. The quantitative estimate of drug-likeness (QED) is 0.856. The third-order valence-corrected chi connectivity index (χ3v) is 6.29. The van der Waals surface area contributed by atoms with Gasteiger partial charge in [-0.05, 0) is 24.1 Å². The largest absolute Gasteiger partial charge is 0.378 e. The smallest absolute Gasteiger partial charge is 0.257 e. The van der Waals surface area contributed by atoms with E-state index in [0.29, 0.717) is 29.5 Å². The number of nitrogens with one attached hydrogen (secondary N) is 1. The summed E-state index contributed by atoms with van der Waals surface area (Å²) < 4.78 is 20.5. The second-order valence-electron chi connectivity index (χ2n) is 7.05. The first-order valence-corrected chi connectivity index (χ1v) is 10.0. The van der Waals surface area contributed by atoms with Gasteiger partial charge in [0.2, 0.25) is 0 Å². The number of fused-ring (bicyclic) bond motifs is 1. The lowest BCUT2D eigenvalue weighted by Crippen LogP contribution is -2.52. The summed E-state index contributed by atoms with van der Waals surface area (Å²) in [5.74, 6) is 0.650. The van der Waals surface area contributed by atoms with Gasteiger partial charge in [0.05, 0.1) is 6.61 Å². The molecule has 0 radical (unpaired) electrons. The Morgan fingerprint density at radius 3 is 2.74 bits per heavy atom. The molecule has 4 nitrogen and oxygen atoms in total. The highest BCUT2D eigenvalue weighted by atomic mass is 32.2. The molecule has 0 saturated carbocycles. The lowest BCUT2D eigenvalue weighted by Gasteiger charge is -2.47. The molecule has 140 valence electrons. The molecule has 2 aliphatic heterocycles. The van der Waals surface area contributed by atoms with Crippen LogP contribution in [0.4, 0.5) is 4.39 Å². The van der Waals surface area contributed by atoms with Crippen molar-refractivity contribution < 1.29 is 13.9 Å². The van der Waals surface area contributed by atoms with Crippen LogP contribution in [0, 0.1) is 17.7 Å². The maximum absolute atomic E-state index is 14.7. The number of carbonyl (C=O) groups is 1. The van der Waals surface area contributed by atoms with Gasteiger partial charge >= 0.3 is 0 Å². The molecule has 2 heterocycles. The van der Waals surface area contributed by atoms with Crippen molar-refractivity contribution >= 4 is 22.8 Å². The van der Waals surface area contributed by atoms with Gasteiger partial charge < -0.3 is 10.1 Å². The second kappa shape index (κ2) is 7.44. The molecule has 0 unspecified atom stereocenters. The zero-order chi connectivity index (χ0) is 18.9. The molecular formula is C21H21FN2O2S. The summed E-state index contributed by atoms with van der Waals surface area (Å²) in [7, 11) is 0. The Morgan fingerprint density at radius 2 is 1.96 bits per heavy atom. The van der Waals surface area contributed by atoms with Crippen LogP contribution in [-0.2, 0) is 10.3 Å². The summed E-state index contributed by atoms with van der Waals surface area (Å²) >= 11 is 1.51. The summed E-state index contributed by atoms with van der Waals surface area (Å²) in [6.07, 6.45) is 0. The summed E-state index contributed by atoms with van der Waals surface area (Å²) in [5, 5.41) is 3.41. The molecule has 2 aliphatic rings. The van der Waals surface area contributed by atoms with Gasteiger partial charge in [0.1, 0.15) is 11.4 Å². The van der Waals surface area contributed by atoms with E-state index >= 15 is 0 Å². The molecule has 2 aromatic carbocycles. The average Bonchev–Trinajstić information content (AvgIpc) is 2.69. The normalized spacial score (nSPS) is 27.4. The van der Waals surface area contributed by atoms with Crippen LogP contribution in [0.15, 0.2) is 59.6 Å². The van der Waals surface area contributed by atoms with E-state index in [1.165, 1.54) is 17.8 Å². The van der Waals surface area contributed by atoms with Crippen LogP contribution in [-0.4, -0.2) is 30.0 Å². The molecule has 3 atom stereocenters. The van der Waals surface area contributed by atoms with E-state index in [4.69, 9.17) is 9.73 Å². The maximum Gasteiger partial charge on any atom is 0.257 e. The molecular weight excluding hydrogens is 363 g/mol. The van der Waals surface area contributed by atoms with Gasteiger partial charge in [0, 0.05) is 29.4 Å². The Kier molecular flexibility index (Phi) is 5.02. The van der Waals surface area contributed by atoms with Crippen LogP contribution in [0.5, 0.6) is 0 Å². The number of amides is 1. The Labute approximate surface area is 162 Å². The highest BCUT2D eigenvalue weighted by molar-refractivity contribution is 8.13. The van der Waals surface area contributed by atoms with Crippen LogP contribution in [0.25, 0.3) is 0 Å². The fourth-order valence-electron chi connectivity index (χ4n) is 3.87. The highest BCUT2D eigenvalue weighted by Gasteiger charge is 2.50. The van der Waals surface area contributed by atoms with E-state index in [9.17, 15) is 9.18 Å². The number of nitrogens with zero attached hydrogens (tertiary/aromatic N) is 1. The van der Waals surface area contributed by atoms with Crippen molar-refractivity contribution in [2.45, 2.75) is 12.5 Å². The van der Waals surface area contributed by atoms with Gasteiger partial charge in [-0.15, -0.1) is 0 Å². The number of benzene rings is 2. The number of aliphatic imine (C=N–C) groups is 1. The van der Waals surface area contributed by atoms with Gasteiger partial charge in [0.25, 0.3) is 5.91 Å². The predicted molar refractivity (Wildman–Crippen MR) is 105 cm³/mol. The number of carbonyl (C=O) groups excluding carboxylic acids is 1. The van der Waals surface area contributed by atoms with Gasteiger partial charge in [-0.25, -0.2) is 9.38 Å². The number of hydrogen-bond acceptors (Lipinski definition) is 4. The molecule has 1 N–H and O–H groups in total. The molecule has 6 heteroatoms. The number of ether oxygens (including phenoxy) is 1. The van der Waals surface area contributed by atoms with Crippen LogP contribution in [0.1, 0.15) is 22.8 Å². The van der Waals surface area contributed by atoms with Gasteiger partial charge in [0.15, 0.2) is 5.17 Å². The minimum atomic E-state index is -0.812. The Morgan fingerprint density at radius 1 is 1.22 bits per heavy atom. The fraction of sp³-hybridized carbons (Fsp3) is 0.333. The molecule has 4 rings (SSSR count). The zero-order valence-electron chi connectivity index (χ0n) is 15.0. The number of amidine groups is 1. The summed E-state index contributed by atoms with van der Waals surface area (Å²) in [6, 6.07) is 15.7. The Bertz CT molecular complexity index is 873. The minimum Gasteiger partial charge on any atom is -0.378 e. The van der Waals surface area contributed by atoms with E-state index in [0.717, 1.165) is 5.75 Å². The third kappa shape index (κ3) is 3.39. The van der Waals surface area contributed by atoms with E-state index in [1.54, 1.807) is 24.3 Å². The zero-order valence-corrected chi connectivity index (χ0v) is 15.8. The SMILES string of the molecule is C[C@H]1COC[C@]2(c3ccccc3F)N=C(NC(=O)c3ccccc3)SC[C@H]12. The maximum atomic E-state index is 14.7. The molecule has 1 saturated heterocycles. The van der Waals surface area contributed by atoms with Crippen molar-refractivity contribution in [2.24, 2.45) is 16.8 Å². The van der Waals surface area contributed by atoms with E-state index in [2.05, 4.69) is 12.2 Å². The van der Waals surface area contributed by atoms with Crippen molar-refractivity contribution in [1.82, 2.24) is 5.32 Å². The number of thioether (sulfide) groups is 1. The first kappa shape index (κ1) is 18.2. The van der Waals surface area contributed by atoms with E-state index < -0.39 is 5.54 Å². The van der Waals surface area contributed by atoms with Crippen LogP contribution < -0.4 is 5.32 Å². The van der Waals surface area contributed by atoms with E-state index in [1.807, 2.05) is 24.3 Å². The predicted octanol–water partition coefficient (Wildman–Crippen LogP) is 3.84. The lowest BCUT2D eigenvalue weighted by molar-refractivity contribution is -0.0340. The lowest BCUT2D eigenvalue weighted by atomic mass is 9.72. The Balaban J connectivity index is 1.71. The molecule has 0 aromatic heterocycles. The number of halogens is 1. The van der Waals surface area contributed by atoms with Gasteiger partial charge in [-0.2, -0.15) is 0 Å². The topological polar surface area (TPSA) is 50.7 Å². The second-order valence-corrected chi connectivity index (χ2v) is 8.06. The average molecular weight is 384 g/mol. The molecule has 27 heavy (non-hydrogen) atoms. The summed E-state index contributed by atoms with van der Waals surface area (Å²) in [5.41, 5.74) is 0.289. The van der Waals surface area contributed by atoms with Crippen molar-refractivity contribution in [3.05, 3.63) is 71.5 Å². The summed E-state index contributed by atoms with van der Waals surface area (Å²) in [6.45, 7) is 3.07. The van der Waals surface area contributed by atoms with E-state index in [-0.39, 0.29) is 23.6 Å². The molecule has 0 aliphatic carbocycles. The first-order valence-electron chi connectivity index (χ1n) is 9.02.